The summed E-state index contributed by atoms with van der Waals surface area (Å²) in [6, 6.07) is 0. The minimum absolute atomic E-state index is 0.623. The van der Waals surface area contributed by atoms with E-state index in [9.17, 15) is 0 Å². The molecule has 0 amide bonds. The molecule has 3 N–H and O–H groups in total. The average Bonchev–Trinajstić information content (AvgIpc) is 2.81. The van der Waals surface area contributed by atoms with E-state index in [2.05, 4.69) is 27.3 Å². The standard InChI is InChI=1S/C10H13N5S/c1-3-7-6(2)13-9(14-8(7)15-11)10-12-4-5-16-10/h4-5H,3,11H2,1-2H3,(H,13,14,15). The highest BCUT2D eigenvalue weighted by atomic mass is 32.1. The lowest BCUT2D eigenvalue weighted by molar-refractivity contribution is 0.993. The summed E-state index contributed by atoms with van der Waals surface area (Å²) in [5, 5.41) is 2.71. The number of nitrogens with zero attached hydrogens (tertiary/aromatic N) is 3. The van der Waals surface area contributed by atoms with Gasteiger partial charge in [-0.15, -0.1) is 11.3 Å². The van der Waals surface area contributed by atoms with Gasteiger partial charge >= 0.3 is 0 Å². The fraction of sp³-hybridized carbons (Fsp3) is 0.300. The summed E-state index contributed by atoms with van der Waals surface area (Å²) in [4.78, 5) is 13.0. The van der Waals surface area contributed by atoms with Crippen molar-refractivity contribution in [2.24, 2.45) is 5.84 Å². The van der Waals surface area contributed by atoms with E-state index in [1.165, 1.54) is 11.3 Å². The molecule has 2 rings (SSSR count). The number of aryl methyl sites for hydroxylation is 1. The molecule has 0 saturated carbocycles. The molecule has 0 saturated heterocycles. The van der Waals surface area contributed by atoms with Crippen molar-refractivity contribution >= 4 is 17.2 Å². The van der Waals surface area contributed by atoms with Gasteiger partial charge in [-0.25, -0.2) is 20.8 Å². The van der Waals surface area contributed by atoms with Crippen LogP contribution in [-0.2, 0) is 6.42 Å². The van der Waals surface area contributed by atoms with Gasteiger partial charge in [0.1, 0.15) is 5.82 Å². The molecule has 0 spiro atoms. The quantitative estimate of drug-likeness (QED) is 0.626. The van der Waals surface area contributed by atoms with E-state index in [4.69, 9.17) is 5.84 Å². The number of anilines is 1. The Balaban J connectivity index is 2.54. The third kappa shape index (κ3) is 1.89. The largest absolute Gasteiger partial charge is 0.308 e. The molecular formula is C10H13N5S. The molecule has 2 aromatic rings. The molecule has 0 fully saturated rings. The number of hydrogen-bond donors (Lipinski definition) is 2. The summed E-state index contributed by atoms with van der Waals surface area (Å²) in [5.74, 6) is 6.76. The van der Waals surface area contributed by atoms with Crippen LogP contribution in [0.1, 0.15) is 18.2 Å². The summed E-state index contributed by atoms with van der Waals surface area (Å²) < 4.78 is 0. The van der Waals surface area contributed by atoms with Gasteiger partial charge in [-0.2, -0.15) is 0 Å². The molecule has 84 valence electrons. The maximum absolute atomic E-state index is 5.46. The highest BCUT2D eigenvalue weighted by Gasteiger charge is 2.11. The maximum Gasteiger partial charge on any atom is 0.190 e. The summed E-state index contributed by atoms with van der Waals surface area (Å²) >= 11 is 1.51. The van der Waals surface area contributed by atoms with E-state index in [1.54, 1.807) is 6.20 Å². The topological polar surface area (TPSA) is 76.7 Å². The Morgan fingerprint density at radius 3 is 2.81 bits per heavy atom. The van der Waals surface area contributed by atoms with E-state index < -0.39 is 0 Å². The minimum atomic E-state index is 0.623. The Bertz CT molecular complexity index is 480. The molecule has 0 aliphatic carbocycles. The normalized spacial score (nSPS) is 10.4. The van der Waals surface area contributed by atoms with E-state index >= 15 is 0 Å². The predicted octanol–water partition coefficient (Wildman–Crippen LogP) is 1.76. The zero-order valence-electron chi connectivity index (χ0n) is 9.19. The Labute approximate surface area is 97.7 Å². The molecule has 2 heterocycles. The summed E-state index contributed by atoms with van der Waals surface area (Å²) in [6.07, 6.45) is 2.59. The molecule has 0 atom stereocenters. The lowest BCUT2D eigenvalue weighted by Gasteiger charge is -2.09. The van der Waals surface area contributed by atoms with Crippen LogP contribution in [0.2, 0.25) is 0 Å². The van der Waals surface area contributed by atoms with Crippen LogP contribution < -0.4 is 11.3 Å². The van der Waals surface area contributed by atoms with Crippen LogP contribution in [0.5, 0.6) is 0 Å². The van der Waals surface area contributed by atoms with Gasteiger partial charge in [-0.05, 0) is 13.3 Å². The van der Waals surface area contributed by atoms with Crippen LogP contribution in [0.15, 0.2) is 11.6 Å². The molecule has 0 unspecified atom stereocenters. The SMILES string of the molecule is CCc1c(C)nc(-c2nccs2)nc1NN. The maximum atomic E-state index is 5.46. The molecule has 0 radical (unpaired) electrons. The van der Waals surface area contributed by atoms with Crippen molar-refractivity contribution in [1.82, 2.24) is 15.0 Å². The molecule has 0 bridgehead atoms. The monoisotopic (exact) mass is 235 g/mol. The lowest BCUT2D eigenvalue weighted by Crippen LogP contribution is -2.13. The number of nitrogens with two attached hydrogens (primary N) is 1. The van der Waals surface area contributed by atoms with Crippen molar-refractivity contribution < 1.29 is 0 Å². The van der Waals surface area contributed by atoms with Crippen LogP contribution in [0.3, 0.4) is 0 Å². The molecule has 0 aromatic carbocycles. The second kappa shape index (κ2) is 4.54. The van der Waals surface area contributed by atoms with E-state index in [0.29, 0.717) is 11.6 Å². The molecule has 2 aromatic heterocycles. The number of nitrogen functional groups attached to an aromatic ring is 1. The van der Waals surface area contributed by atoms with Gasteiger partial charge in [0.2, 0.25) is 0 Å². The molecule has 0 aliphatic heterocycles. The molecule has 0 aliphatic rings. The van der Waals surface area contributed by atoms with Gasteiger partial charge in [0, 0.05) is 22.8 Å². The van der Waals surface area contributed by atoms with E-state index in [1.807, 2.05) is 12.3 Å². The van der Waals surface area contributed by atoms with Gasteiger partial charge in [-0.3, -0.25) is 0 Å². The molecule has 16 heavy (non-hydrogen) atoms. The Kier molecular flexibility index (Phi) is 3.12. The van der Waals surface area contributed by atoms with Crippen molar-refractivity contribution in [3.8, 4) is 10.8 Å². The Hall–Kier alpha value is -1.53. The zero-order valence-corrected chi connectivity index (χ0v) is 10.0. The zero-order chi connectivity index (χ0) is 11.5. The number of hydrogen-bond acceptors (Lipinski definition) is 6. The second-order valence-corrected chi connectivity index (χ2v) is 4.19. The summed E-state index contributed by atoms with van der Waals surface area (Å²) in [7, 11) is 0. The van der Waals surface area contributed by atoms with Crippen molar-refractivity contribution in [3.05, 3.63) is 22.8 Å². The summed E-state index contributed by atoms with van der Waals surface area (Å²) in [5.41, 5.74) is 4.60. The third-order valence-electron chi connectivity index (χ3n) is 2.33. The number of rotatable bonds is 3. The number of nitrogens with one attached hydrogen (secondary N) is 1. The molecule has 6 heteroatoms. The first-order valence-corrected chi connectivity index (χ1v) is 5.88. The summed E-state index contributed by atoms with van der Waals surface area (Å²) in [6.45, 7) is 4.01. The van der Waals surface area contributed by atoms with Crippen LogP contribution in [0.25, 0.3) is 10.8 Å². The van der Waals surface area contributed by atoms with Crippen LogP contribution >= 0.6 is 11.3 Å². The molecular weight excluding hydrogens is 222 g/mol. The van der Waals surface area contributed by atoms with Gasteiger partial charge in [-0.1, -0.05) is 6.92 Å². The van der Waals surface area contributed by atoms with Crippen molar-refractivity contribution in [3.63, 3.8) is 0 Å². The van der Waals surface area contributed by atoms with Crippen molar-refractivity contribution in [1.29, 1.82) is 0 Å². The Morgan fingerprint density at radius 1 is 1.44 bits per heavy atom. The smallest absolute Gasteiger partial charge is 0.190 e. The average molecular weight is 235 g/mol. The third-order valence-corrected chi connectivity index (χ3v) is 3.10. The highest BCUT2D eigenvalue weighted by molar-refractivity contribution is 7.13. The van der Waals surface area contributed by atoms with Crippen molar-refractivity contribution in [2.75, 3.05) is 5.43 Å². The predicted molar refractivity (Wildman–Crippen MR) is 65.1 cm³/mol. The number of aromatic nitrogens is 3. The number of thiazole rings is 1. The van der Waals surface area contributed by atoms with Gasteiger partial charge < -0.3 is 5.43 Å². The van der Waals surface area contributed by atoms with Gasteiger partial charge in [0.25, 0.3) is 0 Å². The van der Waals surface area contributed by atoms with Gasteiger partial charge in [0.05, 0.1) is 0 Å². The van der Waals surface area contributed by atoms with E-state index in [-0.39, 0.29) is 0 Å². The highest BCUT2D eigenvalue weighted by Crippen LogP contribution is 2.23. The first kappa shape index (κ1) is 11.0. The molecule has 5 nitrogen and oxygen atoms in total. The van der Waals surface area contributed by atoms with Crippen molar-refractivity contribution in [2.45, 2.75) is 20.3 Å². The fourth-order valence-electron chi connectivity index (χ4n) is 1.57. The van der Waals surface area contributed by atoms with Crippen LogP contribution in [0.4, 0.5) is 5.82 Å². The number of hydrazine groups is 1. The Morgan fingerprint density at radius 2 is 2.25 bits per heavy atom. The van der Waals surface area contributed by atoms with Gasteiger partial charge in [0.15, 0.2) is 10.8 Å². The fourth-order valence-corrected chi connectivity index (χ4v) is 2.14. The minimum Gasteiger partial charge on any atom is -0.308 e. The van der Waals surface area contributed by atoms with Crippen LogP contribution in [-0.4, -0.2) is 15.0 Å². The second-order valence-electron chi connectivity index (χ2n) is 3.29. The first-order valence-electron chi connectivity index (χ1n) is 5.00. The van der Waals surface area contributed by atoms with Crippen LogP contribution in [0, 0.1) is 6.92 Å². The lowest BCUT2D eigenvalue weighted by atomic mass is 10.1. The first-order chi connectivity index (χ1) is 7.76. The van der Waals surface area contributed by atoms with E-state index in [0.717, 1.165) is 22.7 Å².